The van der Waals surface area contributed by atoms with Gasteiger partial charge in [0.05, 0.1) is 23.3 Å². The van der Waals surface area contributed by atoms with Gasteiger partial charge in [-0.15, -0.1) is 0 Å². The smallest absolute Gasteiger partial charge is 0.338 e. The van der Waals surface area contributed by atoms with Crippen LogP contribution in [-0.2, 0) is 37.9 Å². The Balaban J connectivity index is 1.27. The fourth-order valence-electron chi connectivity index (χ4n) is 5.77. The lowest BCUT2D eigenvalue weighted by Crippen LogP contribution is -2.48. The van der Waals surface area contributed by atoms with Gasteiger partial charge < -0.3 is 48.1 Å². The Hall–Kier alpha value is -4.21. The molecule has 0 amide bonds. The summed E-state index contributed by atoms with van der Waals surface area (Å²) < 4.78 is 47.0. The first kappa shape index (κ1) is 33.7. The number of fused-ring (bicyclic) bond motifs is 1. The molecule has 3 saturated heterocycles. The van der Waals surface area contributed by atoms with Crippen molar-refractivity contribution in [2.45, 2.75) is 74.9 Å². The number of aliphatic hydroxyl groups excluding tert-OH is 2. The second-order valence-electron chi connectivity index (χ2n) is 11.9. The third kappa shape index (κ3) is 7.42. The largest absolute Gasteiger partial charge is 0.459 e. The highest BCUT2D eigenvalue weighted by molar-refractivity contribution is 5.91. The van der Waals surface area contributed by atoms with E-state index in [4.69, 9.17) is 37.9 Å². The Bertz CT molecular complexity index is 1550. The molecular formula is C35H36O13. The predicted molar refractivity (Wildman–Crippen MR) is 163 cm³/mol. The SMILES string of the molecule is CC1(C)O[C@H]2O[C@H]([C@@H](CO)O[C@@H]3O[C@@H](COC(=O)c4ccccc4)[C@H](OC(=O)c4ccccc4)[C@H]3OC(=O)c3ccccc3)[C@H](O)[C@H]2O1. The van der Waals surface area contributed by atoms with Crippen molar-refractivity contribution in [3.8, 4) is 0 Å². The van der Waals surface area contributed by atoms with E-state index in [1.54, 1.807) is 92.7 Å². The van der Waals surface area contributed by atoms with Crippen LogP contribution in [0.25, 0.3) is 0 Å². The predicted octanol–water partition coefficient (Wildman–Crippen LogP) is 2.63. The van der Waals surface area contributed by atoms with Gasteiger partial charge in [-0.2, -0.15) is 0 Å². The lowest BCUT2D eigenvalue weighted by molar-refractivity contribution is -0.258. The van der Waals surface area contributed by atoms with Crippen LogP contribution in [0.1, 0.15) is 44.9 Å². The van der Waals surface area contributed by atoms with Crippen molar-refractivity contribution < 1.29 is 62.5 Å². The minimum absolute atomic E-state index is 0.196. The van der Waals surface area contributed by atoms with Gasteiger partial charge >= 0.3 is 17.9 Å². The molecule has 2 N–H and O–H groups in total. The summed E-state index contributed by atoms with van der Waals surface area (Å²) in [6.07, 6.45) is -10.9. The number of benzene rings is 3. The molecule has 3 aromatic rings. The number of aliphatic hydroxyl groups is 2. The molecule has 3 aliphatic heterocycles. The Morgan fingerprint density at radius 2 is 1.27 bits per heavy atom. The molecule has 3 aliphatic rings. The zero-order valence-corrected chi connectivity index (χ0v) is 26.2. The zero-order valence-electron chi connectivity index (χ0n) is 26.2. The maximum Gasteiger partial charge on any atom is 0.338 e. The van der Waals surface area contributed by atoms with Crippen molar-refractivity contribution in [2.24, 2.45) is 0 Å². The molecule has 0 bridgehead atoms. The van der Waals surface area contributed by atoms with Gasteiger partial charge in [0, 0.05) is 0 Å². The van der Waals surface area contributed by atoms with E-state index in [0.29, 0.717) is 0 Å². The monoisotopic (exact) mass is 664 g/mol. The third-order valence-corrected chi connectivity index (χ3v) is 8.07. The Kier molecular flexibility index (Phi) is 10.2. The fourth-order valence-corrected chi connectivity index (χ4v) is 5.77. The van der Waals surface area contributed by atoms with Crippen LogP contribution in [0.3, 0.4) is 0 Å². The molecule has 0 saturated carbocycles. The van der Waals surface area contributed by atoms with Crippen LogP contribution in [0.15, 0.2) is 91.0 Å². The number of hydrogen-bond donors (Lipinski definition) is 2. The Morgan fingerprint density at radius 1 is 0.750 bits per heavy atom. The third-order valence-electron chi connectivity index (χ3n) is 8.07. The van der Waals surface area contributed by atoms with Gasteiger partial charge in [-0.3, -0.25) is 0 Å². The van der Waals surface area contributed by atoms with Crippen LogP contribution in [0.2, 0.25) is 0 Å². The van der Waals surface area contributed by atoms with E-state index in [1.165, 1.54) is 12.1 Å². The molecule has 13 heteroatoms. The average Bonchev–Trinajstić information content (AvgIpc) is 3.70. The van der Waals surface area contributed by atoms with Gasteiger partial charge in [0.25, 0.3) is 0 Å². The number of rotatable bonds is 11. The van der Waals surface area contributed by atoms with E-state index in [-0.39, 0.29) is 16.7 Å². The number of ether oxygens (including phenoxy) is 8. The highest BCUT2D eigenvalue weighted by atomic mass is 16.8. The van der Waals surface area contributed by atoms with Crippen molar-refractivity contribution in [3.63, 3.8) is 0 Å². The van der Waals surface area contributed by atoms with Crippen LogP contribution < -0.4 is 0 Å². The Morgan fingerprint density at radius 3 is 1.79 bits per heavy atom. The normalized spacial score (nSPS) is 29.5. The highest BCUT2D eigenvalue weighted by Gasteiger charge is 2.58. The quantitative estimate of drug-likeness (QED) is 0.227. The molecule has 6 rings (SSSR count). The van der Waals surface area contributed by atoms with E-state index in [0.717, 1.165) is 0 Å². The molecule has 0 unspecified atom stereocenters. The summed E-state index contributed by atoms with van der Waals surface area (Å²) in [5.41, 5.74) is 0.681. The summed E-state index contributed by atoms with van der Waals surface area (Å²) in [5, 5.41) is 21.4. The lowest BCUT2D eigenvalue weighted by atomic mass is 10.1. The summed E-state index contributed by atoms with van der Waals surface area (Å²) in [4.78, 5) is 39.5. The number of hydrogen-bond acceptors (Lipinski definition) is 13. The first-order valence-corrected chi connectivity index (χ1v) is 15.5. The number of esters is 3. The summed E-state index contributed by atoms with van der Waals surface area (Å²) in [6, 6.07) is 24.5. The van der Waals surface area contributed by atoms with Crippen LogP contribution in [0.5, 0.6) is 0 Å². The summed E-state index contributed by atoms with van der Waals surface area (Å²) in [7, 11) is 0. The molecule has 13 nitrogen and oxygen atoms in total. The first-order chi connectivity index (χ1) is 23.1. The topological polar surface area (TPSA) is 166 Å². The van der Waals surface area contributed by atoms with E-state index < -0.39 is 92.2 Å². The maximum absolute atomic E-state index is 13.4. The summed E-state index contributed by atoms with van der Waals surface area (Å²) in [6.45, 7) is 2.27. The molecule has 254 valence electrons. The van der Waals surface area contributed by atoms with Crippen molar-refractivity contribution in [1.29, 1.82) is 0 Å². The minimum Gasteiger partial charge on any atom is -0.459 e. The van der Waals surface area contributed by atoms with Crippen LogP contribution in [-0.4, -0.2) is 102 Å². The highest BCUT2D eigenvalue weighted by Crippen LogP contribution is 2.40. The molecule has 9 atom stereocenters. The second-order valence-corrected chi connectivity index (χ2v) is 11.9. The van der Waals surface area contributed by atoms with Crippen molar-refractivity contribution in [1.82, 2.24) is 0 Å². The molecule has 3 aromatic carbocycles. The van der Waals surface area contributed by atoms with Gasteiger partial charge in [-0.25, -0.2) is 14.4 Å². The molecule has 3 fully saturated rings. The molecule has 0 radical (unpaired) electrons. The van der Waals surface area contributed by atoms with E-state index in [9.17, 15) is 24.6 Å². The number of carbonyl (C=O) groups excluding carboxylic acids is 3. The van der Waals surface area contributed by atoms with Gasteiger partial charge in [0.15, 0.2) is 30.6 Å². The van der Waals surface area contributed by atoms with Crippen LogP contribution in [0.4, 0.5) is 0 Å². The second kappa shape index (κ2) is 14.5. The van der Waals surface area contributed by atoms with Crippen LogP contribution >= 0.6 is 0 Å². The average molecular weight is 665 g/mol. The molecular weight excluding hydrogens is 628 g/mol. The minimum atomic E-state index is -1.49. The van der Waals surface area contributed by atoms with E-state index in [1.807, 2.05) is 0 Å². The van der Waals surface area contributed by atoms with Crippen molar-refractivity contribution in [2.75, 3.05) is 13.2 Å². The lowest BCUT2D eigenvalue weighted by Gasteiger charge is -2.31. The van der Waals surface area contributed by atoms with Gasteiger partial charge in [-0.1, -0.05) is 54.6 Å². The van der Waals surface area contributed by atoms with Crippen molar-refractivity contribution >= 4 is 17.9 Å². The molecule has 48 heavy (non-hydrogen) atoms. The first-order valence-electron chi connectivity index (χ1n) is 15.5. The summed E-state index contributed by atoms with van der Waals surface area (Å²) >= 11 is 0. The maximum atomic E-state index is 13.4. The summed E-state index contributed by atoms with van der Waals surface area (Å²) in [5.74, 6) is -3.21. The zero-order chi connectivity index (χ0) is 33.8. The van der Waals surface area contributed by atoms with Gasteiger partial charge in [0.1, 0.15) is 37.1 Å². The molecule has 3 heterocycles. The van der Waals surface area contributed by atoms with Gasteiger partial charge in [0.2, 0.25) is 0 Å². The van der Waals surface area contributed by atoms with E-state index >= 15 is 0 Å². The fraction of sp³-hybridized carbons (Fsp3) is 0.400. The van der Waals surface area contributed by atoms with E-state index in [2.05, 4.69) is 0 Å². The Labute approximate surface area is 276 Å². The molecule has 0 aromatic heterocycles. The van der Waals surface area contributed by atoms with Gasteiger partial charge in [-0.05, 0) is 50.2 Å². The molecule has 0 aliphatic carbocycles. The number of carbonyl (C=O) groups is 3. The van der Waals surface area contributed by atoms with Crippen LogP contribution in [0, 0.1) is 0 Å². The van der Waals surface area contributed by atoms with Crippen molar-refractivity contribution in [3.05, 3.63) is 108 Å². The standard InChI is InChI=1S/C35H36O13/c1-35(2)47-28-25(37)26(46-34(28)48-35)23(18-36)42-33-29(45-32(40)22-16-10-5-11-17-22)27(44-31(39)21-14-8-4-9-15-21)24(43-33)19-41-30(38)20-12-6-3-7-13-20/h3-17,23-29,33-34,36-37H,18-19H2,1-2H3/t23-,24+,25+,26-,27+,28-,29-,33-,34-/m1/s1. The molecule has 0 spiro atoms.